The van der Waals surface area contributed by atoms with Gasteiger partial charge in [0.05, 0.1) is 5.02 Å². The summed E-state index contributed by atoms with van der Waals surface area (Å²) in [6.45, 7) is 2.60. The van der Waals surface area contributed by atoms with E-state index in [1.807, 2.05) is 24.3 Å². The number of halogens is 2. The van der Waals surface area contributed by atoms with Gasteiger partial charge in [0.25, 0.3) is 0 Å². The average molecular weight is 441 g/mol. The number of carbonyl (C=O) groups excluding carboxylic acids is 1. The van der Waals surface area contributed by atoms with Crippen molar-refractivity contribution in [1.82, 2.24) is 4.31 Å². The Bertz CT molecular complexity index is 954. The smallest absolute Gasteiger partial charge is 0.244 e. The molecule has 0 unspecified atom stereocenters. The number of piperidine rings is 1. The summed E-state index contributed by atoms with van der Waals surface area (Å²) in [6.07, 6.45) is 1.85. The lowest BCUT2D eigenvalue weighted by Gasteiger charge is -2.30. The fourth-order valence-corrected chi connectivity index (χ4v) is 5.45. The predicted molar refractivity (Wildman–Crippen MR) is 112 cm³/mol. The van der Waals surface area contributed by atoms with Crippen LogP contribution in [0.15, 0.2) is 47.4 Å². The highest BCUT2D eigenvalue weighted by Gasteiger charge is 2.33. The lowest BCUT2D eigenvalue weighted by Crippen LogP contribution is -2.41. The number of anilines is 1. The number of carbonyl (C=O) groups is 1. The van der Waals surface area contributed by atoms with Gasteiger partial charge in [-0.2, -0.15) is 4.31 Å². The standard InChI is InChI=1S/C20H22Cl2N2O3S/c1-2-14-3-6-17(7-4-14)23-20(25)15-9-11-24(12-10-15)28(26,27)19-13-16(21)5-8-18(19)22/h3-8,13,15H,2,9-12H2,1H3,(H,23,25). The maximum Gasteiger partial charge on any atom is 0.244 e. The molecule has 0 aliphatic carbocycles. The number of sulfonamides is 1. The molecule has 1 fully saturated rings. The van der Waals surface area contributed by atoms with Gasteiger partial charge in [0.1, 0.15) is 4.90 Å². The van der Waals surface area contributed by atoms with Gasteiger partial charge < -0.3 is 5.32 Å². The van der Waals surface area contributed by atoms with E-state index in [0.717, 1.165) is 12.1 Å². The largest absolute Gasteiger partial charge is 0.326 e. The summed E-state index contributed by atoms with van der Waals surface area (Å²) in [5.41, 5.74) is 1.96. The zero-order chi connectivity index (χ0) is 20.3. The SMILES string of the molecule is CCc1ccc(NC(=O)C2CCN(S(=O)(=O)c3cc(Cl)ccc3Cl)CC2)cc1. The fraction of sp³-hybridized carbons (Fsp3) is 0.350. The van der Waals surface area contributed by atoms with E-state index >= 15 is 0 Å². The van der Waals surface area contributed by atoms with Crippen LogP contribution in [0.4, 0.5) is 5.69 Å². The Kier molecular flexibility index (Phi) is 6.65. The fourth-order valence-electron chi connectivity index (χ4n) is 3.24. The molecule has 1 amide bonds. The summed E-state index contributed by atoms with van der Waals surface area (Å²) in [6, 6.07) is 12.1. The number of hydrogen-bond acceptors (Lipinski definition) is 3. The minimum Gasteiger partial charge on any atom is -0.326 e. The highest BCUT2D eigenvalue weighted by atomic mass is 35.5. The Balaban J connectivity index is 1.63. The number of aryl methyl sites for hydroxylation is 1. The maximum atomic E-state index is 12.9. The summed E-state index contributed by atoms with van der Waals surface area (Å²) in [5, 5.41) is 3.37. The summed E-state index contributed by atoms with van der Waals surface area (Å²) in [5.74, 6) is -0.311. The number of nitrogens with zero attached hydrogens (tertiary/aromatic N) is 1. The van der Waals surface area contributed by atoms with Crippen molar-refractivity contribution < 1.29 is 13.2 Å². The van der Waals surface area contributed by atoms with Crippen LogP contribution in [0.5, 0.6) is 0 Å². The normalized spacial score (nSPS) is 16.1. The van der Waals surface area contributed by atoms with Crippen LogP contribution in [0.25, 0.3) is 0 Å². The van der Waals surface area contributed by atoms with Gasteiger partial charge in [-0.1, -0.05) is 42.3 Å². The van der Waals surface area contributed by atoms with Crippen LogP contribution in [0.1, 0.15) is 25.3 Å². The third kappa shape index (κ3) is 4.69. The van der Waals surface area contributed by atoms with Crippen LogP contribution in [-0.2, 0) is 21.2 Å². The molecule has 0 spiro atoms. The molecule has 3 rings (SSSR count). The van der Waals surface area contributed by atoms with Crippen LogP contribution in [0.2, 0.25) is 10.0 Å². The van der Waals surface area contributed by atoms with E-state index in [2.05, 4.69) is 12.2 Å². The molecule has 0 atom stereocenters. The molecule has 8 heteroatoms. The molecule has 1 heterocycles. The molecule has 1 saturated heterocycles. The molecule has 5 nitrogen and oxygen atoms in total. The van der Waals surface area contributed by atoms with E-state index < -0.39 is 10.0 Å². The lowest BCUT2D eigenvalue weighted by molar-refractivity contribution is -0.120. The van der Waals surface area contributed by atoms with E-state index in [9.17, 15) is 13.2 Å². The predicted octanol–water partition coefficient (Wildman–Crippen LogP) is 4.60. The molecule has 2 aromatic rings. The number of rotatable bonds is 5. The second-order valence-electron chi connectivity index (χ2n) is 6.79. The first-order valence-corrected chi connectivity index (χ1v) is 11.4. The first-order chi connectivity index (χ1) is 13.3. The minimum absolute atomic E-state index is 0.000539. The summed E-state index contributed by atoms with van der Waals surface area (Å²) in [7, 11) is -3.75. The van der Waals surface area contributed by atoms with Gasteiger partial charge in [-0.05, 0) is 55.2 Å². The van der Waals surface area contributed by atoms with E-state index in [4.69, 9.17) is 23.2 Å². The number of nitrogens with one attached hydrogen (secondary N) is 1. The zero-order valence-corrected chi connectivity index (χ0v) is 17.8. The zero-order valence-electron chi connectivity index (χ0n) is 15.5. The second-order valence-corrected chi connectivity index (χ2v) is 9.54. The van der Waals surface area contributed by atoms with Crippen molar-refractivity contribution in [1.29, 1.82) is 0 Å². The first kappa shape index (κ1) is 21.1. The highest BCUT2D eigenvalue weighted by molar-refractivity contribution is 7.89. The van der Waals surface area contributed by atoms with E-state index in [0.29, 0.717) is 17.9 Å². The van der Waals surface area contributed by atoms with E-state index in [1.165, 1.54) is 22.0 Å². The van der Waals surface area contributed by atoms with Crippen molar-refractivity contribution >= 4 is 44.8 Å². The van der Waals surface area contributed by atoms with Crippen molar-refractivity contribution in [3.63, 3.8) is 0 Å². The van der Waals surface area contributed by atoms with Crippen LogP contribution in [0.3, 0.4) is 0 Å². The van der Waals surface area contributed by atoms with Gasteiger partial charge in [0, 0.05) is 29.7 Å². The van der Waals surface area contributed by atoms with Crippen LogP contribution in [-0.4, -0.2) is 31.7 Å². The van der Waals surface area contributed by atoms with Gasteiger partial charge in [0.2, 0.25) is 15.9 Å². The van der Waals surface area contributed by atoms with Gasteiger partial charge >= 0.3 is 0 Å². The molecule has 28 heavy (non-hydrogen) atoms. The molecule has 0 radical (unpaired) electrons. The monoisotopic (exact) mass is 440 g/mol. The van der Waals surface area contributed by atoms with Gasteiger partial charge in [0.15, 0.2) is 0 Å². The minimum atomic E-state index is -3.75. The number of amides is 1. The Morgan fingerprint density at radius 3 is 2.36 bits per heavy atom. The van der Waals surface area contributed by atoms with Gasteiger partial charge in [-0.15, -0.1) is 0 Å². The van der Waals surface area contributed by atoms with E-state index in [-0.39, 0.29) is 34.8 Å². The summed E-state index contributed by atoms with van der Waals surface area (Å²) < 4.78 is 27.1. The van der Waals surface area contributed by atoms with Crippen molar-refractivity contribution in [2.75, 3.05) is 18.4 Å². The maximum absolute atomic E-state index is 12.9. The third-order valence-corrected chi connectivity index (χ3v) is 7.58. The molecule has 1 aliphatic heterocycles. The summed E-state index contributed by atoms with van der Waals surface area (Å²) >= 11 is 12.0. The van der Waals surface area contributed by atoms with Crippen molar-refractivity contribution in [2.45, 2.75) is 31.1 Å². The lowest BCUT2D eigenvalue weighted by atomic mass is 9.97. The molecular formula is C20H22Cl2N2O3S. The number of hydrogen-bond donors (Lipinski definition) is 1. The molecule has 1 N–H and O–H groups in total. The molecule has 1 aliphatic rings. The van der Waals surface area contributed by atoms with Crippen LogP contribution < -0.4 is 5.32 Å². The van der Waals surface area contributed by atoms with Gasteiger partial charge in [-0.25, -0.2) is 8.42 Å². The third-order valence-electron chi connectivity index (χ3n) is 4.97. The Labute approximate surface area is 175 Å². The summed E-state index contributed by atoms with van der Waals surface area (Å²) in [4.78, 5) is 12.5. The van der Waals surface area contributed by atoms with Crippen molar-refractivity contribution in [2.24, 2.45) is 5.92 Å². The average Bonchev–Trinajstić information content (AvgIpc) is 2.70. The molecule has 0 bridgehead atoms. The Morgan fingerprint density at radius 1 is 1.11 bits per heavy atom. The van der Waals surface area contributed by atoms with Crippen LogP contribution >= 0.6 is 23.2 Å². The van der Waals surface area contributed by atoms with Crippen LogP contribution in [0, 0.1) is 5.92 Å². The molecule has 0 aromatic heterocycles. The van der Waals surface area contributed by atoms with Gasteiger partial charge in [-0.3, -0.25) is 4.79 Å². The van der Waals surface area contributed by atoms with Crippen molar-refractivity contribution in [3.8, 4) is 0 Å². The molecule has 2 aromatic carbocycles. The molecular weight excluding hydrogens is 419 g/mol. The molecule has 150 valence electrons. The highest BCUT2D eigenvalue weighted by Crippen LogP contribution is 2.30. The Hall–Kier alpha value is -1.60. The second kappa shape index (κ2) is 8.82. The van der Waals surface area contributed by atoms with E-state index in [1.54, 1.807) is 6.07 Å². The quantitative estimate of drug-likeness (QED) is 0.738. The van der Waals surface area contributed by atoms with Crippen molar-refractivity contribution in [3.05, 3.63) is 58.1 Å². The number of benzene rings is 2. The first-order valence-electron chi connectivity index (χ1n) is 9.16. The Morgan fingerprint density at radius 2 is 1.75 bits per heavy atom. The molecule has 0 saturated carbocycles. The topological polar surface area (TPSA) is 66.5 Å².